The first-order valence-electron chi connectivity index (χ1n) is 8.31. The Morgan fingerprint density at radius 2 is 1.81 bits per heavy atom. The standard InChI is InChI=1S/C21H18FN3O/c1-13-8-15(22)4-6-17(13)18-10-20-19(11-23-18)24-12-25(20)16-5-7-21(26-3)14(2)9-16/h4-12H,1-3H3. The van der Waals surface area contributed by atoms with E-state index in [0.717, 1.165) is 44.9 Å². The van der Waals surface area contributed by atoms with Crippen LogP contribution in [0.2, 0.25) is 0 Å². The van der Waals surface area contributed by atoms with Gasteiger partial charge in [-0.3, -0.25) is 9.55 Å². The fourth-order valence-electron chi connectivity index (χ4n) is 3.19. The number of fused-ring (bicyclic) bond motifs is 1. The Kier molecular flexibility index (Phi) is 3.92. The highest BCUT2D eigenvalue weighted by Gasteiger charge is 2.11. The Morgan fingerprint density at radius 3 is 2.54 bits per heavy atom. The quantitative estimate of drug-likeness (QED) is 0.532. The zero-order valence-electron chi connectivity index (χ0n) is 14.8. The maximum absolute atomic E-state index is 13.4. The van der Waals surface area contributed by atoms with Crippen LogP contribution in [0.4, 0.5) is 4.39 Å². The number of benzene rings is 2. The number of imidazole rings is 1. The van der Waals surface area contributed by atoms with E-state index >= 15 is 0 Å². The Bertz CT molecular complexity index is 1120. The third-order valence-corrected chi connectivity index (χ3v) is 4.55. The summed E-state index contributed by atoms with van der Waals surface area (Å²) in [5, 5.41) is 0. The van der Waals surface area contributed by atoms with Crippen molar-refractivity contribution in [1.29, 1.82) is 0 Å². The summed E-state index contributed by atoms with van der Waals surface area (Å²) in [4.78, 5) is 8.95. The number of methoxy groups -OCH3 is 1. The summed E-state index contributed by atoms with van der Waals surface area (Å²) >= 11 is 0. The van der Waals surface area contributed by atoms with E-state index in [1.807, 2.05) is 36.6 Å². The van der Waals surface area contributed by atoms with E-state index in [1.165, 1.54) is 12.1 Å². The van der Waals surface area contributed by atoms with Crippen LogP contribution >= 0.6 is 0 Å². The molecule has 0 bridgehead atoms. The summed E-state index contributed by atoms with van der Waals surface area (Å²) in [6.45, 7) is 3.89. The highest BCUT2D eigenvalue weighted by atomic mass is 19.1. The van der Waals surface area contributed by atoms with Crippen LogP contribution in [-0.4, -0.2) is 21.6 Å². The van der Waals surface area contributed by atoms with Crippen LogP contribution in [0.15, 0.2) is 55.0 Å². The highest BCUT2D eigenvalue weighted by Crippen LogP contribution is 2.28. The monoisotopic (exact) mass is 347 g/mol. The van der Waals surface area contributed by atoms with E-state index in [4.69, 9.17) is 4.74 Å². The van der Waals surface area contributed by atoms with Gasteiger partial charge < -0.3 is 4.74 Å². The minimum Gasteiger partial charge on any atom is -0.496 e. The molecular formula is C21H18FN3O. The predicted octanol–water partition coefficient (Wildman–Crippen LogP) is 4.85. The summed E-state index contributed by atoms with van der Waals surface area (Å²) in [7, 11) is 1.66. The molecule has 5 heteroatoms. The summed E-state index contributed by atoms with van der Waals surface area (Å²) in [5.41, 5.74) is 6.36. The molecule has 26 heavy (non-hydrogen) atoms. The van der Waals surface area contributed by atoms with Crippen LogP contribution in [0, 0.1) is 19.7 Å². The van der Waals surface area contributed by atoms with Crippen LogP contribution in [-0.2, 0) is 0 Å². The predicted molar refractivity (Wildman–Crippen MR) is 100 cm³/mol. The van der Waals surface area contributed by atoms with Gasteiger partial charge in [0.1, 0.15) is 23.4 Å². The van der Waals surface area contributed by atoms with Gasteiger partial charge in [0.25, 0.3) is 0 Å². The van der Waals surface area contributed by atoms with Crippen molar-refractivity contribution in [3.8, 4) is 22.7 Å². The van der Waals surface area contributed by atoms with E-state index in [9.17, 15) is 4.39 Å². The fraction of sp³-hybridized carbons (Fsp3) is 0.143. The Morgan fingerprint density at radius 1 is 0.962 bits per heavy atom. The molecule has 0 aliphatic heterocycles. The smallest absolute Gasteiger partial charge is 0.123 e. The minimum atomic E-state index is -0.244. The van der Waals surface area contributed by atoms with Gasteiger partial charge in [0.2, 0.25) is 0 Å². The lowest BCUT2D eigenvalue weighted by Crippen LogP contribution is -1.95. The van der Waals surface area contributed by atoms with Crippen molar-refractivity contribution in [3.05, 3.63) is 71.9 Å². The average Bonchev–Trinajstić information content (AvgIpc) is 3.04. The molecule has 0 aliphatic rings. The van der Waals surface area contributed by atoms with Gasteiger partial charge in [-0.2, -0.15) is 0 Å². The number of halogens is 1. The van der Waals surface area contributed by atoms with Crippen LogP contribution in [0.1, 0.15) is 11.1 Å². The van der Waals surface area contributed by atoms with Gasteiger partial charge in [-0.15, -0.1) is 0 Å². The van der Waals surface area contributed by atoms with Crippen molar-refractivity contribution in [2.45, 2.75) is 13.8 Å². The Balaban J connectivity index is 1.86. The van der Waals surface area contributed by atoms with Crippen LogP contribution in [0.5, 0.6) is 5.75 Å². The van der Waals surface area contributed by atoms with Gasteiger partial charge in [-0.1, -0.05) is 0 Å². The van der Waals surface area contributed by atoms with Gasteiger partial charge in [0.15, 0.2) is 0 Å². The van der Waals surface area contributed by atoms with Crippen LogP contribution < -0.4 is 4.74 Å². The number of hydrogen-bond donors (Lipinski definition) is 0. The third kappa shape index (κ3) is 2.71. The van der Waals surface area contributed by atoms with Crippen molar-refractivity contribution in [2.75, 3.05) is 7.11 Å². The molecule has 4 aromatic rings. The third-order valence-electron chi connectivity index (χ3n) is 4.55. The second kappa shape index (κ2) is 6.26. The van der Waals surface area contributed by atoms with E-state index in [-0.39, 0.29) is 5.82 Å². The lowest BCUT2D eigenvalue weighted by molar-refractivity contribution is 0.411. The van der Waals surface area contributed by atoms with Crippen LogP contribution in [0.3, 0.4) is 0 Å². The van der Waals surface area contributed by atoms with Gasteiger partial charge in [-0.25, -0.2) is 9.37 Å². The number of aromatic nitrogens is 3. The molecule has 2 heterocycles. The molecule has 0 amide bonds. The number of rotatable bonds is 3. The number of hydrogen-bond acceptors (Lipinski definition) is 3. The maximum Gasteiger partial charge on any atom is 0.123 e. The van der Waals surface area contributed by atoms with Crippen molar-refractivity contribution < 1.29 is 9.13 Å². The summed E-state index contributed by atoms with van der Waals surface area (Å²) in [6, 6.07) is 12.7. The van der Waals surface area contributed by atoms with Crippen molar-refractivity contribution in [1.82, 2.24) is 14.5 Å². The molecule has 2 aromatic heterocycles. The topological polar surface area (TPSA) is 39.9 Å². The molecule has 130 valence electrons. The molecule has 0 saturated heterocycles. The highest BCUT2D eigenvalue weighted by molar-refractivity contribution is 5.81. The molecular weight excluding hydrogens is 329 g/mol. The van der Waals surface area contributed by atoms with E-state index in [1.54, 1.807) is 25.7 Å². The lowest BCUT2D eigenvalue weighted by atomic mass is 10.0. The second-order valence-corrected chi connectivity index (χ2v) is 6.29. The molecule has 0 aliphatic carbocycles. The van der Waals surface area contributed by atoms with Gasteiger partial charge in [-0.05, 0) is 67.4 Å². The zero-order chi connectivity index (χ0) is 18.3. The summed E-state index contributed by atoms with van der Waals surface area (Å²) in [5.74, 6) is 0.605. The molecule has 4 nitrogen and oxygen atoms in total. The SMILES string of the molecule is COc1ccc(-n2cnc3cnc(-c4ccc(F)cc4C)cc32)cc1C. The fourth-order valence-corrected chi connectivity index (χ4v) is 3.19. The average molecular weight is 347 g/mol. The molecule has 0 radical (unpaired) electrons. The van der Waals surface area contributed by atoms with Crippen LogP contribution in [0.25, 0.3) is 28.0 Å². The van der Waals surface area contributed by atoms with E-state index in [0.29, 0.717) is 0 Å². The number of nitrogens with zero attached hydrogens (tertiary/aromatic N) is 3. The van der Waals surface area contributed by atoms with Crippen molar-refractivity contribution in [2.24, 2.45) is 0 Å². The second-order valence-electron chi connectivity index (χ2n) is 6.29. The summed E-state index contributed by atoms with van der Waals surface area (Å²) in [6.07, 6.45) is 3.54. The first-order valence-corrected chi connectivity index (χ1v) is 8.31. The summed E-state index contributed by atoms with van der Waals surface area (Å²) < 4.78 is 20.8. The zero-order valence-corrected chi connectivity index (χ0v) is 14.8. The van der Waals surface area contributed by atoms with Crippen molar-refractivity contribution in [3.63, 3.8) is 0 Å². The lowest BCUT2D eigenvalue weighted by Gasteiger charge is -2.10. The molecule has 0 fully saturated rings. The number of pyridine rings is 1. The minimum absolute atomic E-state index is 0.244. The number of aryl methyl sites for hydroxylation is 2. The molecule has 2 aromatic carbocycles. The number of ether oxygens (including phenoxy) is 1. The molecule has 0 saturated carbocycles. The first-order chi connectivity index (χ1) is 12.6. The van der Waals surface area contributed by atoms with Crippen molar-refractivity contribution >= 4 is 11.0 Å². The Hall–Kier alpha value is -3.21. The molecule has 0 unspecified atom stereocenters. The molecule has 4 rings (SSSR count). The van der Waals surface area contributed by atoms with Gasteiger partial charge in [0, 0.05) is 11.3 Å². The normalized spacial score (nSPS) is 11.1. The molecule has 0 N–H and O–H groups in total. The first kappa shape index (κ1) is 16.3. The van der Waals surface area contributed by atoms with Gasteiger partial charge >= 0.3 is 0 Å². The van der Waals surface area contributed by atoms with Gasteiger partial charge in [0.05, 0.1) is 24.5 Å². The van der Waals surface area contributed by atoms with E-state index < -0.39 is 0 Å². The van der Waals surface area contributed by atoms with E-state index in [2.05, 4.69) is 16.0 Å². The largest absolute Gasteiger partial charge is 0.496 e. The Labute approximate surface area is 150 Å². The molecule has 0 atom stereocenters. The maximum atomic E-state index is 13.4. The molecule has 0 spiro atoms.